The monoisotopic (exact) mass is 431 g/mol. The van der Waals surface area contributed by atoms with E-state index in [1.165, 1.54) is 12.8 Å². The van der Waals surface area contributed by atoms with E-state index in [1.807, 2.05) is 6.20 Å². The van der Waals surface area contributed by atoms with Gasteiger partial charge in [0.25, 0.3) is 5.91 Å². The van der Waals surface area contributed by atoms with Crippen LogP contribution in [-0.4, -0.2) is 29.3 Å². The third-order valence-corrected chi connectivity index (χ3v) is 7.94. The van der Waals surface area contributed by atoms with Gasteiger partial charge in [-0.3, -0.25) is 9.79 Å². The van der Waals surface area contributed by atoms with Crippen LogP contribution in [0.3, 0.4) is 0 Å². The Hall–Kier alpha value is -2.40. The van der Waals surface area contributed by atoms with E-state index in [0.717, 1.165) is 73.6 Å². The lowest BCUT2D eigenvalue weighted by atomic mass is 9.84. The number of allylic oxidation sites excluding steroid dienone is 3. The molecular weight excluding hydrogens is 398 g/mol. The molecule has 1 aromatic rings. The van der Waals surface area contributed by atoms with Gasteiger partial charge in [-0.15, -0.1) is 0 Å². The largest absolute Gasteiger partial charge is 0.358 e. The fourth-order valence-electron chi connectivity index (χ4n) is 5.94. The maximum Gasteiger partial charge on any atom is 0.253 e. The van der Waals surface area contributed by atoms with E-state index in [0.29, 0.717) is 11.8 Å². The Bertz CT molecular complexity index is 1100. The molecule has 2 aliphatic heterocycles. The van der Waals surface area contributed by atoms with Crippen molar-refractivity contribution in [1.29, 1.82) is 0 Å². The molecule has 1 saturated carbocycles. The van der Waals surface area contributed by atoms with Crippen LogP contribution in [-0.2, 0) is 4.74 Å². The van der Waals surface area contributed by atoms with Crippen molar-refractivity contribution in [2.45, 2.75) is 70.1 Å². The lowest BCUT2D eigenvalue weighted by molar-refractivity contribution is -0.0334. The lowest BCUT2D eigenvalue weighted by Crippen LogP contribution is -2.41. The van der Waals surface area contributed by atoms with E-state index in [4.69, 9.17) is 4.74 Å². The molecule has 0 aromatic carbocycles. The summed E-state index contributed by atoms with van der Waals surface area (Å²) in [6.45, 7) is 0.801. The zero-order valence-corrected chi connectivity index (χ0v) is 18.7. The molecule has 5 atom stereocenters. The van der Waals surface area contributed by atoms with Crippen LogP contribution in [0, 0.1) is 17.8 Å². The first kappa shape index (κ1) is 20.2. The number of rotatable bonds is 4. The molecule has 3 heterocycles. The summed E-state index contributed by atoms with van der Waals surface area (Å²) in [6.07, 6.45) is 25.0. The lowest BCUT2D eigenvalue weighted by Gasteiger charge is -2.25. The Morgan fingerprint density at radius 3 is 2.91 bits per heavy atom. The first-order valence-corrected chi connectivity index (χ1v) is 12.5. The van der Waals surface area contributed by atoms with Crippen LogP contribution in [0.1, 0.15) is 74.4 Å². The van der Waals surface area contributed by atoms with Crippen LogP contribution in [0.25, 0.3) is 12.2 Å². The fraction of sp³-hybridized carbons (Fsp3) is 0.556. The second-order valence-electron chi connectivity index (χ2n) is 10.1. The summed E-state index contributed by atoms with van der Waals surface area (Å²) in [5.41, 5.74) is 2.42. The number of amides is 1. The minimum atomic E-state index is 0.0383. The summed E-state index contributed by atoms with van der Waals surface area (Å²) in [6, 6.07) is 0.278. The predicted molar refractivity (Wildman–Crippen MR) is 127 cm³/mol. The average molecular weight is 432 g/mol. The van der Waals surface area contributed by atoms with E-state index in [1.54, 1.807) is 5.57 Å². The Balaban J connectivity index is 1.31. The minimum Gasteiger partial charge on any atom is -0.358 e. The van der Waals surface area contributed by atoms with Crippen molar-refractivity contribution < 1.29 is 9.53 Å². The number of aliphatic imine (C=N–C) groups is 1. The molecule has 5 aliphatic rings. The normalized spacial score (nSPS) is 33.1. The smallest absolute Gasteiger partial charge is 0.253 e. The Morgan fingerprint density at radius 2 is 2.06 bits per heavy atom. The summed E-state index contributed by atoms with van der Waals surface area (Å²) >= 11 is 0. The van der Waals surface area contributed by atoms with Crippen LogP contribution >= 0.6 is 0 Å². The third kappa shape index (κ3) is 3.92. The maximum absolute atomic E-state index is 13.5. The van der Waals surface area contributed by atoms with Crippen LogP contribution in [0.2, 0.25) is 0 Å². The number of hydrogen-bond acceptors (Lipinski definition) is 3. The standard InChI is InChI=1S/C27H33N3O2/c31-27(29-22-9-6-18-14-19(18)7-10-22)24-17-30(26-5-1-2-13-32-26)25-11-8-20(15-23(24)25)21-4-3-12-28-16-21/h3,11-12,14-18,20-22,26H,1-2,4-10,13H2,(H,29,31)/t18?,20-,21?,22+,26?/m1/s1. The van der Waals surface area contributed by atoms with Gasteiger partial charge in [-0.2, -0.15) is 0 Å². The molecule has 1 aromatic heterocycles. The molecule has 1 saturated heterocycles. The van der Waals surface area contributed by atoms with E-state index in [-0.39, 0.29) is 18.2 Å². The number of aromatic nitrogens is 1. The van der Waals surface area contributed by atoms with Gasteiger partial charge in [0.2, 0.25) is 0 Å². The fourth-order valence-corrected chi connectivity index (χ4v) is 5.94. The number of carbonyl (C=O) groups is 1. The zero-order chi connectivity index (χ0) is 21.5. The zero-order valence-electron chi connectivity index (χ0n) is 18.7. The highest BCUT2D eigenvalue weighted by Crippen LogP contribution is 2.40. The molecule has 6 rings (SSSR count). The van der Waals surface area contributed by atoms with Crippen LogP contribution in [0.4, 0.5) is 0 Å². The van der Waals surface area contributed by atoms with Crippen molar-refractivity contribution in [2.24, 2.45) is 22.7 Å². The average Bonchev–Trinajstić information content (AvgIpc) is 3.53. The summed E-state index contributed by atoms with van der Waals surface area (Å²) in [7, 11) is 0. The summed E-state index contributed by atoms with van der Waals surface area (Å²) in [5, 5.41) is 5.64. The molecule has 2 fully saturated rings. The van der Waals surface area contributed by atoms with Gasteiger partial charge in [0, 0.05) is 47.7 Å². The van der Waals surface area contributed by atoms with Gasteiger partial charge >= 0.3 is 0 Å². The summed E-state index contributed by atoms with van der Waals surface area (Å²) in [4.78, 5) is 17.9. The van der Waals surface area contributed by atoms with Gasteiger partial charge in [0.05, 0.1) is 5.56 Å². The molecule has 5 nitrogen and oxygen atoms in total. The SMILES string of the molecule is O=C(N[C@@H]1CCC2=CC2CC1)c1cn(C2CCCCO2)c2c1=C[C@H](C1C=NC=CC1)CC=2. The number of nitrogens with zero attached hydrogens (tertiary/aromatic N) is 2. The van der Waals surface area contributed by atoms with Crippen LogP contribution in [0.5, 0.6) is 0 Å². The van der Waals surface area contributed by atoms with Crippen LogP contribution < -0.4 is 15.9 Å². The molecule has 168 valence electrons. The van der Waals surface area contributed by atoms with Gasteiger partial charge in [0.1, 0.15) is 6.23 Å². The first-order chi connectivity index (χ1) is 15.8. The second-order valence-corrected chi connectivity index (χ2v) is 10.1. The van der Waals surface area contributed by atoms with E-state index in [2.05, 4.69) is 51.6 Å². The van der Waals surface area contributed by atoms with Gasteiger partial charge in [-0.05, 0) is 69.6 Å². The van der Waals surface area contributed by atoms with E-state index < -0.39 is 0 Å². The van der Waals surface area contributed by atoms with Crippen molar-refractivity contribution in [2.75, 3.05) is 6.61 Å². The number of ether oxygens (including phenoxy) is 1. The molecular formula is C27H33N3O2. The van der Waals surface area contributed by atoms with Crippen molar-refractivity contribution in [1.82, 2.24) is 9.88 Å². The summed E-state index contributed by atoms with van der Waals surface area (Å²) < 4.78 is 8.34. The highest BCUT2D eigenvalue weighted by molar-refractivity contribution is 5.95. The van der Waals surface area contributed by atoms with Gasteiger partial charge in [-0.25, -0.2) is 0 Å². The Labute approximate surface area is 189 Å². The number of hydrogen-bond donors (Lipinski definition) is 1. The quantitative estimate of drug-likeness (QED) is 0.741. The van der Waals surface area contributed by atoms with Gasteiger partial charge < -0.3 is 14.6 Å². The Morgan fingerprint density at radius 1 is 1.09 bits per heavy atom. The first-order valence-electron chi connectivity index (χ1n) is 12.5. The highest BCUT2D eigenvalue weighted by atomic mass is 16.5. The van der Waals surface area contributed by atoms with Crippen molar-refractivity contribution in [3.63, 3.8) is 0 Å². The summed E-state index contributed by atoms with van der Waals surface area (Å²) in [5.74, 6) is 1.58. The second kappa shape index (κ2) is 8.51. The Kier molecular flexibility index (Phi) is 5.38. The molecule has 0 spiro atoms. The third-order valence-electron chi connectivity index (χ3n) is 7.94. The molecule has 3 unspecified atom stereocenters. The number of fused-ring (bicyclic) bond motifs is 2. The van der Waals surface area contributed by atoms with Gasteiger partial charge in [0.15, 0.2) is 0 Å². The molecule has 32 heavy (non-hydrogen) atoms. The molecule has 0 radical (unpaired) electrons. The minimum absolute atomic E-state index is 0.0383. The molecule has 3 aliphatic carbocycles. The molecule has 1 N–H and O–H groups in total. The highest BCUT2D eigenvalue weighted by Gasteiger charge is 2.31. The maximum atomic E-state index is 13.5. The predicted octanol–water partition coefficient (Wildman–Crippen LogP) is 3.60. The van der Waals surface area contributed by atoms with Gasteiger partial charge in [-0.1, -0.05) is 29.9 Å². The number of carbonyl (C=O) groups excluding carboxylic acids is 1. The van der Waals surface area contributed by atoms with E-state index in [9.17, 15) is 4.79 Å². The van der Waals surface area contributed by atoms with Crippen molar-refractivity contribution >= 4 is 24.3 Å². The molecule has 1 amide bonds. The molecule has 5 heteroatoms. The van der Waals surface area contributed by atoms with Crippen molar-refractivity contribution in [3.05, 3.63) is 46.3 Å². The molecule has 0 bridgehead atoms. The number of nitrogens with one attached hydrogen (secondary N) is 1. The van der Waals surface area contributed by atoms with E-state index >= 15 is 0 Å². The van der Waals surface area contributed by atoms with Crippen LogP contribution in [0.15, 0.2) is 35.1 Å². The topological polar surface area (TPSA) is 55.6 Å². The van der Waals surface area contributed by atoms with Crippen molar-refractivity contribution in [3.8, 4) is 0 Å².